The van der Waals surface area contributed by atoms with E-state index in [1.165, 1.54) is 6.07 Å². The van der Waals surface area contributed by atoms with E-state index in [-0.39, 0.29) is 35.8 Å². The van der Waals surface area contributed by atoms with Gasteiger partial charge < -0.3 is 20.1 Å². The minimum absolute atomic E-state index is 0.127. The van der Waals surface area contributed by atoms with E-state index in [0.29, 0.717) is 31.3 Å². The number of nitrogens with zero attached hydrogens (tertiary/aromatic N) is 2. The molecule has 34 heavy (non-hydrogen) atoms. The number of benzene rings is 1. The number of ether oxygens (including phenoxy) is 2. The van der Waals surface area contributed by atoms with Gasteiger partial charge in [0.05, 0.1) is 36.4 Å². The minimum Gasteiger partial charge on any atom is -0.381 e. The van der Waals surface area contributed by atoms with Crippen LogP contribution in [0.25, 0.3) is 10.9 Å². The summed E-state index contributed by atoms with van der Waals surface area (Å²) < 4.78 is 50.7. The summed E-state index contributed by atoms with van der Waals surface area (Å²) in [6.45, 7) is 6.84. The Morgan fingerprint density at radius 1 is 1.32 bits per heavy atom. The Bertz CT molecular complexity index is 988. The number of hydrogen-bond donors (Lipinski definition) is 3. The van der Waals surface area contributed by atoms with Crippen LogP contribution in [-0.4, -0.2) is 78.6 Å². The highest BCUT2D eigenvalue weighted by Gasteiger charge is 2.37. The highest BCUT2D eigenvalue weighted by atomic mass is 19.4. The molecule has 0 spiro atoms. The van der Waals surface area contributed by atoms with Crippen molar-refractivity contribution in [2.24, 2.45) is 0 Å². The smallest absolute Gasteiger partial charge is 0.381 e. The summed E-state index contributed by atoms with van der Waals surface area (Å²) in [5.41, 5.74) is -0.321. The number of carbonyl (C=O) groups is 1. The molecular formula is C23H30F3N5O3. The van der Waals surface area contributed by atoms with Crippen LogP contribution in [0.4, 0.5) is 19.0 Å². The molecule has 2 aliphatic rings. The van der Waals surface area contributed by atoms with Crippen LogP contribution < -0.4 is 10.6 Å². The van der Waals surface area contributed by atoms with Gasteiger partial charge in [0.15, 0.2) is 5.82 Å². The van der Waals surface area contributed by atoms with E-state index in [2.05, 4.69) is 32.3 Å². The maximum Gasteiger partial charge on any atom is 0.416 e. The number of halogens is 3. The third kappa shape index (κ3) is 5.89. The summed E-state index contributed by atoms with van der Waals surface area (Å²) in [5, 5.41) is 12.8. The number of aromatic amines is 1. The van der Waals surface area contributed by atoms with Gasteiger partial charge in [0.25, 0.3) is 0 Å². The zero-order chi connectivity index (χ0) is 24.1. The van der Waals surface area contributed by atoms with E-state index in [1.54, 1.807) is 6.08 Å². The Labute approximate surface area is 195 Å². The Kier molecular flexibility index (Phi) is 7.74. The van der Waals surface area contributed by atoms with Crippen LogP contribution in [0.15, 0.2) is 30.9 Å². The van der Waals surface area contributed by atoms with E-state index < -0.39 is 11.7 Å². The molecule has 1 aromatic carbocycles. The molecule has 2 saturated heterocycles. The number of anilines is 1. The molecule has 2 unspecified atom stereocenters. The molecule has 3 heterocycles. The number of amides is 1. The number of likely N-dealkylation sites (tertiary alicyclic amines) is 1. The molecule has 2 aromatic rings. The van der Waals surface area contributed by atoms with Gasteiger partial charge in [0, 0.05) is 37.7 Å². The highest BCUT2D eigenvalue weighted by Crippen LogP contribution is 2.32. The standard InChI is InChI=1S/C23H30F3N5O3/c1-2-8-34-20-14-31(16-4-3-9-33-10-7-16)13-19(20)28-21(32)12-27-22-17-11-15(23(24,25)26)5-6-18(17)29-30-22/h2,5-6,11,16,19-20H,1,3-4,7-10,12-14H2,(H,28,32)(H2,27,29,30)/t16?,19?,20-/m0/s1. The Morgan fingerprint density at radius 2 is 2.18 bits per heavy atom. The second kappa shape index (κ2) is 10.7. The van der Waals surface area contributed by atoms with Crippen molar-refractivity contribution >= 4 is 22.6 Å². The van der Waals surface area contributed by atoms with E-state index in [9.17, 15) is 18.0 Å². The molecule has 3 N–H and O–H groups in total. The van der Waals surface area contributed by atoms with Crippen LogP contribution >= 0.6 is 0 Å². The first-order valence-corrected chi connectivity index (χ1v) is 11.5. The number of nitrogens with one attached hydrogen (secondary N) is 3. The molecule has 3 atom stereocenters. The molecule has 1 amide bonds. The number of fused-ring (bicyclic) bond motifs is 1. The zero-order valence-electron chi connectivity index (χ0n) is 18.9. The van der Waals surface area contributed by atoms with Crippen molar-refractivity contribution in [1.82, 2.24) is 20.4 Å². The van der Waals surface area contributed by atoms with Crippen molar-refractivity contribution < 1.29 is 27.4 Å². The predicted molar refractivity (Wildman–Crippen MR) is 121 cm³/mol. The highest BCUT2D eigenvalue weighted by molar-refractivity contribution is 5.92. The van der Waals surface area contributed by atoms with Gasteiger partial charge in [-0.1, -0.05) is 6.08 Å². The second-order valence-corrected chi connectivity index (χ2v) is 8.67. The minimum atomic E-state index is -4.46. The second-order valence-electron chi connectivity index (χ2n) is 8.67. The van der Waals surface area contributed by atoms with Crippen molar-refractivity contribution in [2.45, 2.75) is 43.6 Å². The molecule has 8 nitrogen and oxygen atoms in total. The topological polar surface area (TPSA) is 91.5 Å². The van der Waals surface area contributed by atoms with Gasteiger partial charge >= 0.3 is 6.18 Å². The molecule has 0 radical (unpaired) electrons. The number of carbonyl (C=O) groups excluding carboxylic acids is 1. The van der Waals surface area contributed by atoms with E-state index in [4.69, 9.17) is 9.47 Å². The lowest BCUT2D eigenvalue weighted by molar-refractivity contribution is -0.137. The third-order valence-electron chi connectivity index (χ3n) is 6.31. The molecule has 11 heteroatoms. The Balaban J connectivity index is 1.37. The van der Waals surface area contributed by atoms with Crippen LogP contribution in [0, 0.1) is 0 Å². The lowest BCUT2D eigenvalue weighted by Crippen LogP contribution is -2.46. The lowest BCUT2D eigenvalue weighted by Gasteiger charge is -2.26. The maximum absolute atomic E-state index is 13.1. The summed E-state index contributed by atoms with van der Waals surface area (Å²) in [5.74, 6) is -0.0893. The molecule has 0 aliphatic carbocycles. The first-order chi connectivity index (χ1) is 16.3. The first-order valence-electron chi connectivity index (χ1n) is 11.5. The summed E-state index contributed by atoms with van der Waals surface area (Å²) in [6.07, 6.45) is 0.0458. The molecule has 1 aromatic heterocycles. The van der Waals surface area contributed by atoms with Crippen molar-refractivity contribution in [3.63, 3.8) is 0 Å². The fourth-order valence-electron chi connectivity index (χ4n) is 4.60. The van der Waals surface area contributed by atoms with Crippen LogP contribution in [-0.2, 0) is 20.4 Å². The van der Waals surface area contributed by atoms with E-state index in [0.717, 1.165) is 44.6 Å². The first kappa shape index (κ1) is 24.5. The maximum atomic E-state index is 13.1. The van der Waals surface area contributed by atoms with Gasteiger partial charge in [0.2, 0.25) is 5.91 Å². The van der Waals surface area contributed by atoms with Gasteiger partial charge in [-0.2, -0.15) is 18.3 Å². The summed E-state index contributed by atoms with van der Waals surface area (Å²) in [6, 6.07) is 3.52. The lowest BCUT2D eigenvalue weighted by atomic mass is 10.1. The van der Waals surface area contributed by atoms with Gasteiger partial charge in [0.1, 0.15) is 0 Å². The zero-order valence-corrected chi connectivity index (χ0v) is 18.9. The van der Waals surface area contributed by atoms with Crippen molar-refractivity contribution in [3.8, 4) is 0 Å². The predicted octanol–water partition coefficient (Wildman–Crippen LogP) is 2.93. The van der Waals surface area contributed by atoms with Gasteiger partial charge in [-0.25, -0.2) is 0 Å². The molecule has 2 aliphatic heterocycles. The molecule has 186 valence electrons. The molecule has 0 bridgehead atoms. The van der Waals surface area contributed by atoms with Crippen molar-refractivity contribution in [3.05, 3.63) is 36.4 Å². The fourth-order valence-corrected chi connectivity index (χ4v) is 4.60. The monoisotopic (exact) mass is 481 g/mol. The largest absolute Gasteiger partial charge is 0.416 e. The number of rotatable bonds is 8. The van der Waals surface area contributed by atoms with Gasteiger partial charge in [-0.15, -0.1) is 6.58 Å². The van der Waals surface area contributed by atoms with Crippen LogP contribution in [0.3, 0.4) is 0 Å². The summed E-state index contributed by atoms with van der Waals surface area (Å²) >= 11 is 0. The summed E-state index contributed by atoms with van der Waals surface area (Å²) in [7, 11) is 0. The number of hydrogen-bond acceptors (Lipinski definition) is 6. The van der Waals surface area contributed by atoms with Crippen molar-refractivity contribution in [1.29, 1.82) is 0 Å². The quantitative estimate of drug-likeness (QED) is 0.503. The molecule has 4 rings (SSSR count). The number of H-pyrrole nitrogens is 1. The van der Waals surface area contributed by atoms with E-state index in [1.807, 2.05) is 0 Å². The molecule has 2 fully saturated rings. The average molecular weight is 482 g/mol. The Hall–Kier alpha value is -2.63. The average Bonchev–Trinajstić information content (AvgIpc) is 3.28. The van der Waals surface area contributed by atoms with Gasteiger partial charge in [-0.05, 0) is 37.5 Å². The molecular weight excluding hydrogens is 451 g/mol. The van der Waals surface area contributed by atoms with Crippen LogP contribution in [0.2, 0.25) is 0 Å². The van der Waals surface area contributed by atoms with Crippen LogP contribution in [0.5, 0.6) is 0 Å². The summed E-state index contributed by atoms with van der Waals surface area (Å²) in [4.78, 5) is 15.1. The number of alkyl halides is 3. The van der Waals surface area contributed by atoms with Gasteiger partial charge in [-0.3, -0.25) is 14.8 Å². The Morgan fingerprint density at radius 3 is 2.97 bits per heavy atom. The van der Waals surface area contributed by atoms with Crippen LogP contribution in [0.1, 0.15) is 24.8 Å². The van der Waals surface area contributed by atoms with Crippen molar-refractivity contribution in [2.75, 3.05) is 44.8 Å². The third-order valence-corrected chi connectivity index (χ3v) is 6.31. The normalized spacial score (nSPS) is 24.1. The fraction of sp³-hybridized carbons (Fsp3) is 0.565. The SMILES string of the molecule is C=CCO[C@H]1CN(C2CCCOCC2)CC1NC(=O)CNc1n[nH]c2ccc(C(F)(F)F)cc12. The molecule has 0 saturated carbocycles. The van der Waals surface area contributed by atoms with E-state index >= 15 is 0 Å². The number of aromatic nitrogens is 2.